The Bertz CT molecular complexity index is 265. The number of nitrogens with zero attached hydrogens (tertiary/aromatic N) is 1. The molecule has 66 valence electrons. The Morgan fingerprint density at radius 2 is 2.17 bits per heavy atom. The first kappa shape index (κ1) is 9.00. The van der Waals surface area contributed by atoms with Gasteiger partial charge in [-0.1, -0.05) is 0 Å². The van der Waals surface area contributed by atoms with Crippen LogP contribution in [0, 0.1) is 0 Å². The minimum absolute atomic E-state index is 0.381. The number of hydrogen-bond acceptors (Lipinski definition) is 3. The third kappa shape index (κ3) is 1.74. The minimum Gasteiger partial charge on any atom is -0.495 e. The van der Waals surface area contributed by atoms with E-state index < -0.39 is 0 Å². The summed E-state index contributed by atoms with van der Waals surface area (Å²) in [5, 5.41) is 0. The van der Waals surface area contributed by atoms with E-state index in [0.717, 1.165) is 11.3 Å². The quantitative estimate of drug-likeness (QED) is 0.720. The molecule has 0 aliphatic rings. The summed E-state index contributed by atoms with van der Waals surface area (Å²) >= 11 is 0. The van der Waals surface area contributed by atoms with Crippen molar-refractivity contribution in [2.75, 3.05) is 7.11 Å². The van der Waals surface area contributed by atoms with Gasteiger partial charge in [-0.3, -0.25) is 4.98 Å². The molecule has 12 heavy (non-hydrogen) atoms. The van der Waals surface area contributed by atoms with Crippen molar-refractivity contribution in [1.29, 1.82) is 0 Å². The van der Waals surface area contributed by atoms with E-state index in [9.17, 15) is 0 Å². The first-order valence-corrected chi connectivity index (χ1v) is 3.83. The molecule has 1 aromatic heterocycles. The van der Waals surface area contributed by atoms with Gasteiger partial charge < -0.3 is 10.5 Å². The first-order chi connectivity index (χ1) is 5.55. The molecule has 0 atom stereocenters. The van der Waals surface area contributed by atoms with Gasteiger partial charge in [0.05, 0.1) is 13.3 Å². The highest BCUT2D eigenvalue weighted by Crippen LogP contribution is 2.25. The van der Waals surface area contributed by atoms with Gasteiger partial charge in [0.2, 0.25) is 0 Å². The molecule has 0 saturated carbocycles. The third-order valence-electron chi connectivity index (χ3n) is 1.70. The summed E-state index contributed by atoms with van der Waals surface area (Å²) in [5.74, 6) is 0.741. The summed E-state index contributed by atoms with van der Waals surface area (Å²) in [6.45, 7) is 3.87. The Hall–Kier alpha value is -1.09. The van der Waals surface area contributed by atoms with Gasteiger partial charge in [-0.15, -0.1) is 0 Å². The van der Waals surface area contributed by atoms with E-state index in [0.29, 0.717) is 0 Å². The van der Waals surface area contributed by atoms with E-state index in [1.807, 2.05) is 19.9 Å². The van der Waals surface area contributed by atoms with Crippen LogP contribution in [-0.2, 0) is 5.54 Å². The zero-order valence-corrected chi connectivity index (χ0v) is 7.66. The van der Waals surface area contributed by atoms with Crippen LogP contribution in [-0.4, -0.2) is 12.1 Å². The lowest BCUT2D eigenvalue weighted by atomic mass is 9.96. The van der Waals surface area contributed by atoms with Crippen LogP contribution >= 0.6 is 0 Å². The molecule has 0 bridgehead atoms. The van der Waals surface area contributed by atoms with E-state index in [1.165, 1.54) is 0 Å². The summed E-state index contributed by atoms with van der Waals surface area (Å²) < 4.78 is 5.13. The molecule has 0 aliphatic heterocycles. The van der Waals surface area contributed by atoms with Crippen LogP contribution in [0.25, 0.3) is 0 Å². The molecule has 0 fully saturated rings. The second kappa shape index (κ2) is 3.11. The van der Waals surface area contributed by atoms with Gasteiger partial charge in [0.25, 0.3) is 0 Å². The SMILES string of the molecule is COc1cnccc1C(C)(C)N. The van der Waals surface area contributed by atoms with Gasteiger partial charge in [-0.25, -0.2) is 0 Å². The zero-order valence-electron chi connectivity index (χ0n) is 7.66. The zero-order chi connectivity index (χ0) is 9.19. The lowest BCUT2D eigenvalue weighted by Gasteiger charge is -2.21. The smallest absolute Gasteiger partial charge is 0.142 e. The molecule has 1 rings (SSSR count). The Morgan fingerprint density at radius 3 is 2.58 bits per heavy atom. The van der Waals surface area contributed by atoms with Crippen molar-refractivity contribution in [2.45, 2.75) is 19.4 Å². The highest BCUT2D eigenvalue weighted by atomic mass is 16.5. The van der Waals surface area contributed by atoms with Gasteiger partial charge in [0.15, 0.2) is 0 Å². The van der Waals surface area contributed by atoms with E-state index >= 15 is 0 Å². The molecule has 3 nitrogen and oxygen atoms in total. The van der Waals surface area contributed by atoms with Crippen molar-refractivity contribution in [3.8, 4) is 5.75 Å². The van der Waals surface area contributed by atoms with Crippen LogP contribution in [0.4, 0.5) is 0 Å². The summed E-state index contributed by atoms with van der Waals surface area (Å²) in [6, 6.07) is 1.87. The number of methoxy groups -OCH3 is 1. The fourth-order valence-electron chi connectivity index (χ4n) is 1.07. The van der Waals surface area contributed by atoms with Crippen LogP contribution in [0.15, 0.2) is 18.5 Å². The molecule has 0 spiro atoms. The first-order valence-electron chi connectivity index (χ1n) is 3.83. The lowest BCUT2D eigenvalue weighted by molar-refractivity contribution is 0.392. The summed E-state index contributed by atoms with van der Waals surface area (Å²) in [6.07, 6.45) is 3.39. The Labute approximate surface area is 72.6 Å². The summed E-state index contributed by atoms with van der Waals surface area (Å²) in [5.41, 5.74) is 6.52. The van der Waals surface area contributed by atoms with E-state index in [2.05, 4.69) is 4.98 Å². The van der Waals surface area contributed by atoms with Crippen LogP contribution < -0.4 is 10.5 Å². The molecule has 1 heterocycles. The molecule has 1 aromatic rings. The molecule has 2 N–H and O–H groups in total. The fourth-order valence-corrected chi connectivity index (χ4v) is 1.07. The molecule has 0 amide bonds. The predicted octanol–water partition coefficient (Wildman–Crippen LogP) is 1.28. The average molecular weight is 166 g/mol. The molecular weight excluding hydrogens is 152 g/mol. The molecule has 0 unspecified atom stereocenters. The minimum atomic E-state index is -0.381. The second-order valence-electron chi connectivity index (χ2n) is 3.30. The molecule has 0 aliphatic carbocycles. The van der Waals surface area contributed by atoms with Crippen LogP contribution in [0.3, 0.4) is 0 Å². The van der Waals surface area contributed by atoms with E-state index in [4.69, 9.17) is 10.5 Å². The van der Waals surface area contributed by atoms with Crippen LogP contribution in [0.2, 0.25) is 0 Å². The highest BCUT2D eigenvalue weighted by Gasteiger charge is 2.18. The largest absolute Gasteiger partial charge is 0.495 e. The van der Waals surface area contributed by atoms with Crippen molar-refractivity contribution < 1.29 is 4.74 Å². The number of pyridine rings is 1. The van der Waals surface area contributed by atoms with Gasteiger partial charge in [0.1, 0.15) is 5.75 Å². The van der Waals surface area contributed by atoms with Crippen molar-refractivity contribution in [3.05, 3.63) is 24.0 Å². The van der Waals surface area contributed by atoms with Gasteiger partial charge in [-0.05, 0) is 19.9 Å². The highest BCUT2D eigenvalue weighted by molar-refractivity contribution is 5.34. The van der Waals surface area contributed by atoms with Crippen molar-refractivity contribution in [3.63, 3.8) is 0 Å². The number of hydrogen-bond donors (Lipinski definition) is 1. The fraction of sp³-hybridized carbons (Fsp3) is 0.444. The van der Waals surface area contributed by atoms with Crippen molar-refractivity contribution in [2.24, 2.45) is 5.73 Å². The maximum absolute atomic E-state index is 5.93. The van der Waals surface area contributed by atoms with Crippen molar-refractivity contribution >= 4 is 0 Å². The molecule has 0 radical (unpaired) electrons. The van der Waals surface area contributed by atoms with E-state index in [1.54, 1.807) is 19.5 Å². The maximum atomic E-state index is 5.93. The Morgan fingerprint density at radius 1 is 1.50 bits per heavy atom. The number of ether oxygens (including phenoxy) is 1. The summed E-state index contributed by atoms with van der Waals surface area (Å²) in [7, 11) is 1.62. The number of nitrogens with two attached hydrogens (primary N) is 1. The summed E-state index contributed by atoms with van der Waals surface area (Å²) in [4.78, 5) is 3.95. The van der Waals surface area contributed by atoms with Crippen LogP contribution in [0.1, 0.15) is 19.4 Å². The average Bonchev–Trinajstić information content (AvgIpc) is 2.03. The lowest BCUT2D eigenvalue weighted by Crippen LogP contribution is -2.29. The molecule has 0 aromatic carbocycles. The normalized spacial score (nSPS) is 11.3. The Balaban J connectivity index is 3.14. The van der Waals surface area contributed by atoms with Gasteiger partial charge in [-0.2, -0.15) is 0 Å². The van der Waals surface area contributed by atoms with Crippen LogP contribution in [0.5, 0.6) is 5.75 Å². The van der Waals surface area contributed by atoms with E-state index in [-0.39, 0.29) is 5.54 Å². The topological polar surface area (TPSA) is 48.1 Å². The van der Waals surface area contributed by atoms with Crippen molar-refractivity contribution in [1.82, 2.24) is 4.98 Å². The number of rotatable bonds is 2. The maximum Gasteiger partial charge on any atom is 0.142 e. The Kier molecular flexibility index (Phi) is 2.33. The van der Waals surface area contributed by atoms with Gasteiger partial charge in [0, 0.05) is 17.3 Å². The predicted molar refractivity (Wildman–Crippen MR) is 48.0 cm³/mol. The molecule has 3 heteroatoms. The number of aromatic nitrogens is 1. The monoisotopic (exact) mass is 166 g/mol. The second-order valence-corrected chi connectivity index (χ2v) is 3.30. The van der Waals surface area contributed by atoms with Gasteiger partial charge >= 0.3 is 0 Å². The third-order valence-corrected chi connectivity index (χ3v) is 1.70. The standard InChI is InChI=1S/C9H14N2O/c1-9(2,10)7-4-5-11-6-8(7)12-3/h4-6H,10H2,1-3H3. The molecular formula is C9H14N2O. The molecule has 0 saturated heterocycles.